The molecule has 1 spiro atoms. The molecule has 0 saturated carbocycles. The number of amidine groups is 1. The van der Waals surface area contributed by atoms with Crippen LogP contribution in [-0.2, 0) is 14.3 Å². The third-order valence-electron chi connectivity index (χ3n) is 7.74. The number of alkyl halides is 3. The van der Waals surface area contributed by atoms with E-state index in [-0.39, 0.29) is 44.5 Å². The van der Waals surface area contributed by atoms with E-state index in [1.165, 1.54) is 16.9 Å². The maximum atomic E-state index is 13.7. The number of amides is 3. The predicted molar refractivity (Wildman–Crippen MR) is 137 cm³/mol. The summed E-state index contributed by atoms with van der Waals surface area (Å²) in [4.78, 5) is 45.8. The van der Waals surface area contributed by atoms with Crippen LogP contribution in [0.1, 0.15) is 12.0 Å². The summed E-state index contributed by atoms with van der Waals surface area (Å²) in [6.45, 7) is 0.0636. The molecule has 2 saturated heterocycles. The van der Waals surface area contributed by atoms with Gasteiger partial charge in [-0.15, -0.1) is 0 Å². The molecule has 3 aliphatic rings. The molecule has 12 heteroatoms. The highest BCUT2D eigenvalue weighted by Gasteiger charge is 2.58. The average molecular weight is 555 g/mol. The van der Waals surface area contributed by atoms with Gasteiger partial charge in [-0.1, -0.05) is 30.3 Å². The molecule has 0 unspecified atom stereocenters. The van der Waals surface area contributed by atoms with E-state index in [0.29, 0.717) is 17.8 Å². The maximum Gasteiger partial charge on any atom is 0.471 e. The second-order valence-electron chi connectivity index (χ2n) is 10.4. The number of aliphatic imine (C=N–C) groups is 1. The van der Waals surface area contributed by atoms with Crippen molar-refractivity contribution < 1.29 is 36.7 Å². The summed E-state index contributed by atoms with van der Waals surface area (Å²) in [5.74, 6) is -2.15. The molecule has 208 valence electrons. The molecule has 3 amide bonds. The van der Waals surface area contributed by atoms with Crippen molar-refractivity contribution in [3.8, 4) is 11.1 Å². The number of methoxy groups -OCH3 is 1. The van der Waals surface area contributed by atoms with E-state index >= 15 is 0 Å². The molecule has 0 aliphatic carbocycles. The molecule has 3 aromatic rings. The van der Waals surface area contributed by atoms with Crippen LogP contribution in [0.4, 0.5) is 18.0 Å². The van der Waals surface area contributed by atoms with Crippen molar-refractivity contribution in [2.45, 2.75) is 18.1 Å². The summed E-state index contributed by atoms with van der Waals surface area (Å²) >= 11 is 0. The van der Waals surface area contributed by atoms with Crippen LogP contribution in [-0.4, -0.2) is 90.0 Å². The van der Waals surface area contributed by atoms with E-state index in [2.05, 4.69) is 0 Å². The molecule has 6 rings (SSSR count). The molecular formula is C28H25F3N4O5. The molecule has 2 fully saturated rings. The van der Waals surface area contributed by atoms with Gasteiger partial charge in [0.15, 0.2) is 5.54 Å². The van der Waals surface area contributed by atoms with Crippen molar-refractivity contribution in [2.24, 2.45) is 10.9 Å². The Morgan fingerprint density at radius 2 is 1.75 bits per heavy atom. The number of furan rings is 1. The second-order valence-corrected chi connectivity index (χ2v) is 10.4. The number of fused-ring (bicyclic) bond motifs is 1. The summed E-state index contributed by atoms with van der Waals surface area (Å²) < 4.78 is 49.0. The van der Waals surface area contributed by atoms with Gasteiger partial charge in [-0.05, 0) is 41.7 Å². The van der Waals surface area contributed by atoms with Gasteiger partial charge in [0.25, 0.3) is 5.91 Å². The molecule has 9 nitrogen and oxygen atoms in total. The number of nitrogens with zero attached hydrogens (tertiary/aromatic N) is 4. The minimum Gasteiger partial charge on any atom is -0.464 e. The van der Waals surface area contributed by atoms with Crippen LogP contribution in [0.3, 0.4) is 0 Å². The van der Waals surface area contributed by atoms with Crippen LogP contribution in [0, 0.1) is 5.92 Å². The van der Waals surface area contributed by atoms with Gasteiger partial charge in [0, 0.05) is 30.6 Å². The molecule has 4 heterocycles. The number of carbonyl (C=O) groups is 3. The zero-order chi connectivity index (χ0) is 28.2. The van der Waals surface area contributed by atoms with Crippen LogP contribution in [0.25, 0.3) is 22.1 Å². The highest BCUT2D eigenvalue weighted by molar-refractivity contribution is 6.16. The first-order valence-corrected chi connectivity index (χ1v) is 12.8. The van der Waals surface area contributed by atoms with E-state index in [9.17, 15) is 27.6 Å². The second kappa shape index (κ2) is 9.39. The number of likely N-dealkylation sites (tertiary alicyclic amines) is 2. The number of halogens is 3. The number of hydrogen-bond donors (Lipinski definition) is 0. The first-order valence-electron chi connectivity index (χ1n) is 12.8. The Balaban J connectivity index is 1.26. The fourth-order valence-electron chi connectivity index (χ4n) is 5.66. The summed E-state index contributed by atoms with van der Waals surface area (Å²) in [6.07, 6.45) is -3.55. The largest absolute Gasteiger partial charge is 0.471 e. The highest BCUT2D eigenvalue weighted by atomic mass is 19.4. The molecule has 0 bridgehead atoms. The van der Waals surface area contributed by atoms with Gasteiger partial charge in [0.1, 0.15) is 11.4 Å². The minimum absolute atomic E-state index is 0.0333. The number of rotatable bonds is 4. The smallest absolute Gasteiger partial charge is 0.464 e. The maximum absolute atomic E-state index is 13.7. The fourth-order valence-corrected chi connectivity index (χ4v) is 5.66. The monoisotopic (exact) mass is 554 g/mol. The summed E-state index contributed by atoms with van der Waals surface area (Å²) in [5, 5.41) is 0.968. The lowest BCUT2D eigenvalue weighted by molar-refractivity contribution is -0.184. The van der Waals surface area contributed by atoms with Crippen molar-refractivity contribution in [1.82, 2.24) is 14.7 Å². The van der Waals surface area contributed by atoms with Crippen LogP contribution in [0.5, 0.6) is 0 Å². The van der Waals surface area contributed by atoms with Crippen molar-refractivity contribution >= 4 is 34.7 Å². The Kier molecular flexibility index (Phi) is 6.08. The van der Waals surface area contributed by atoms with Gasteiger partial charge in [0.05, 0.1) is 26.5 Å². The van der Waals surface area contributed by atoms with E-state index in [1.807, 2.05) is 48.5 Å². The number of hydrogen-bond acceptors (Lipinski definition) is 6. The van der Waals surface area contributed by atoms with Crippen LogP contribution in [0.2, 0.25) is 0 Å². The van der Waals surface area contributed by atoms with Crippen molar-refractivity contribution in [2.75, 3.05) is 39.8 Å². The lowest BCUT2D eigenvalue weighted by Crippen LogP contribution is -2.66. The van der Waals surface area contributed by atoms with Gasteiger partial charge in [-0.25, -0.2) is 9.79 Å². The van der Waals surface area contributed by atoms with Crippen molar-refractivity contribution in [3.05, 3.63) is 60.4 Å². The quantitative estimate of drug-likeness (QED) is 0.487. The predicted octanol–water partition coefficient (Wildman–Crippen LogP) is 3.92. The molecule has 3 aliphatic heterocycles. The van der Waals surface area contributed by atoms with Crippen LogP contribution in [0.15, 0.2) is 64.2 Å². The van der Waals surface area contributed by atoms with E-state index in [4.69, 9.17) is 14.1 Å². The van der Waals surface area contributed by atoms with E-state index < -0.39 is 23.7 Å². The SMILES string of the molecule is COC(=O)N1CC2(C1)N=C(c1ccc(-c3ccc4occc4c3)cc1)N(C[C@@H]1CCN(C(=O)C(F)(F)F)C1)C2=O. The normalized spacial score (nSPS) is 20.3. The van der Waals surface area contributed by atoms with Gasteiger partial charge in [0.2, 0.25) is 0 Å². The van der Waals surface area contributed by atoms with Gasteiger partial charge in [-0.2, -0.15) is 13.2 Å². The molecule has 2 aromatic carbocycles. The topological polar surface area (TPSA) is 95.7 Å². The Morgan fingerprint density at radius 3 is 2.45 bits per heavy atom. The van der Waals surface area contributed by atoms with Crippen molar-refractivity contribution in [3.63, 3.8) is 0 Å². The van der Waals surface area contributed by atoms with Gasteiger partial charge >= 0.3 is 18.2 Å². The van der Waals surface area contributed by atoms with Crippen molar-refractivity contribution in [1.29, 1.82) is 0 Å². The fraction of sp³-hybridized carbons (Fsp3) is 0.357. The van der Waals surface area contributed by atoms with Gasteiger partial charge in [-0.3, -0.25) is 14.5 Å². The summed E-state index contributed by atoms with van der Waals surface area (Å²) in [5.41, 5.74) is 2.19. The summed E-state index contributed by atoms with van der Waals surface area (Å²) in [7, 11) is 1.25. The molecular weight excluding hydrogens is 529 g/mol. The van der Waals surface area contributed by atoms with E-state index in [0.717, 1.165) is 27.0 Å². The van der Waals surface area contributed by atoms with Crippen LogP contribution >= 0.6 is 0 Å². The summed E-state index contributed by atoms with van der Waals surface area (Å²) in [6, 6.07) is 15.2. The zero-order valence-electron chi connectivity index (χ0n) is 21.5. The number of carbonyl (C=O) groups excluding carboxylic acids is 3. The molecule has 40 heavy (non-hydrogen) atoms. The third kappa shape index (κ3) is 4.37. The molecule has 1 aromatic heterocycles. The molecule has 0 N–H and O–H groups in total. The third-order valence-corrected chi connectivity index (χ3v) is 7.74. The molecule has 0 radical (unpaired) electrons. The first-order chi connectivity index (χ1) is 19.1. The Hall–Kier alpha value is -4.35. The Morgan fingerprint density at radius 1 is 1.05 bits per heavy atom. The number of benzene rings is 2. The number of ether oxygens (including phenoxy) is 1. The minimum atomic E-state index is -4.94. The molecule has 1 atom stereocenters. The average Bonchev–Trinajstić information content (AvgIpc) is 3.65. The lowest BCUT2D eigenvalue weighted by atomic mass is 9.90. The first kappa shape index (κ1) is 25.9. The standard InChI is InChI=1S/C28H25F3N4O5/c1-39-26(38)34-15-27(16-34)24(36)35(14-17-8-10-33(13-17)25(37)28(29,30)31)23(32-27)19-4-2-18(3-5-19)20-6-7-22-21(12-20)9-11-40-22/h2-7,9,11-12,17H,8,10,13-16H2,1H3/t17-/m1/s1. The Bertz CT molecular complexity index is 1520. The lowest BCUT2D eigenvalue weighted by Gasteiger charge is -2.43. The van der Waals surface area contributed by atoms with Crippen LogP contribution < -0.4 is 0 Å². The van der Waals surface area contributed by atoms with Gasteiger partial charge < -0.3 is 19.0 Å². The Labute approximate surface area is 226 Å². The van der Waals surface area contributed by atoms with E-state index in [1.54, 1.807) is 6.26 Å². The zero-order valence-corrected chi connectivity index (χ0v) is 21.5. The highest BCUT2D eigenvalue weighted by Crippen LogP contribution is 2.36.